The summed E-state index contributed by atoms with van der Waals surface area (Å²) in [4.78, 5) is 2.47. The number of piperidine rings is 1. The summed E-state index contributed by atoms with van der Waals surface area (Å²) in [5.41, 5.74) is 1.91. The molecule has 0 saturated carbocycles. The van der Waals surface area contributed by atoms with E-state index in [4.69, 9.17) is 4.74 Å². The number of rotatable bonds is 2. The van der Waals surface area contributed by atoms with Crippen molar-refractivity contribution in [2.45, 2.75) is 31.3 Å². The Morgan fingerprint density at radius 1 is 1.40 bits per heavy atom. The summed E-state index contributed by atoms with van der Waals surface area (Å²) in [6.45, 7) is 4.02. The Balaban J connectivity index is 1.66. The van der Waals surface area contributed by atoms with Crippen LogP contribution in [0.15, 0.2) is 16.6 Å². The summed E-state index contributed by atoms with van der Waals surface area (Å²) in [5.74, 6) is 1.45. The van der Waals surface area contributed by atoms with E-state index in [0.717, 1.165) is 62.1 Å². The van der Waals surface area contributed by atoms with Crippen molar-refractivity contribution >= 4 is 15.9 Å². The van der Waals surface area contributed by atoms with E-state index < -0.39 is 5.60 Å². The lowest BCUT2D eigenvalue weighted by Gasteiger charge is -2.39. The van der Waals surface area contributed by atoms with Crippen molar-refractivity contribution < 1.29 is 9.84 Å². The third-order valence-corrected chi connectivity index (χ3v) is 5.67. The number of hydrogen-bond donors (Lipinski definition) is 1. The first-order valence-electron chi connectivity index (χ1n) is 7.53. The molecule has 3 atom stereocenters. The van der Waals surface area contributed by atoms with Gasteiger partial charge in [-0.05, 0) is 42.6 Å². The van der Waals surface area contributed by atoms with Crippen molar-refractivity contribution in [3.8, 4) is 5.75 Å². The number of nitrogens with zero attached hydrogens (tertiary/aromatic N) is 1. The number of benzene rings is 1. The molecule has 0 aromatic heterocycles. The minimum atomic E-state index is -0.548. The third kappa shape index (κ3) is 2.09. The molecule has 20 heavy (non-hydrogen) atoms. The van der Waals surface area contributed by atoms with Gasteiger partial charge in [0.2, 0.25) is 0 Å². The molecule has 4 heteroatoms. The Morgan fingerprint density at radius 2 is 2.30 bits per heavy atom. The van der Waals surface area contributed by atoms with Gasteiger partial charge in [0.15, 0.2) is 0 Å². The average Bonchev–Trinajstić information content (AvgIpc) is 3.02. The summed E-state index contributed by atoms with van der Waals surface area (Å²) >= 11 is 3.59. The van der Waals surface area contributed by atoms with Crippen molar-refractivity contribution in [3.05, 3.63) is 27.7 Å². The second-order valence-corrected chi connectivity index (χ2v) is 7.38. The SMILES string of the molecule is OC1(Cc2cc(Br)cc3c2OCC3)CCN2CCC1C2. The fraction of sp³-hybridized carbons (Fsp3) is 0.625. The first-order chi connectivity index (χ1) is 9.64. The second-order valence-electron chi connectivity index (χ2n) is 6.47. The highest BCUT2D eigenvalue weighted by atomic mass is 79.9. The predicted molar refractivity (Wildman–Crippen MR) is 81.2 cm³/mol. The van der Waals surface area contributed by atoms with Gasteiger partial charge in [0.1, 0.15) is 5.75 Å². The van der Waals surface area contributed by atoms with Gasteiger partial charge < -0.3 is 14.7 Å². The molecule has 0 amide bonds. The van der Waals surface area contributed by atoms with Crippen LogP contribution in [0.4, 0.5) is 0 Å². The molecule has 0 aliphatic carbocycles. The molecule has 1 aromatic carbocycles. The van der Waals surface area contributed by atoms with E-state index in [1.54, 1.807) is 0 Å². The standard InChI is InChI=1S/C16H20BrNO2/c17-14-7-11-2-6-20-15(11)12(8-14)9-16(19)3-5-18-4-1-13(16)10-18/h7-8,13,19H,1-6,9-10H2. The zero-order valence-electron chi connectivity index (χ0n) is 11.6. The van der Waals surface area contributed by atoms with Crippen molar-refractivity contribution in [1.82, 2.24) is 4.90 Å². The second kappa shape index (κ2) is 4.72. The quantitative estimate of drug-likeness (QED) is 0.899. The van der Waals surface area contributed by atoms with Crippen LogP contribution in [0.1, 0.15) is 24.0 Å². The van der Waals surface area contributed by atoms with E-state index >= 15 is 0 Å². The molecule has 3 aliphatic rings. The molecule has 3 nitrogen and oxygen atoms in total. The molecule has 3 aliphatic heterocycles. The van der Waals surface area contributed by atoms with Crippen LogP contribution in [-0.4, -0.2) is 41.8 Å². The predicted octanol–water partition coefficient (Wildman–Crippen LogP) is 2.38. The van der Waals surface area contributed by atoms with Crippen LogP contribution in [0.25, 0.3) is 0 Å². The maximum atomic E-state index is 11.1. The molecular weight excluding hydrogens is 318 g/mol. The maximum Gasteiger partial charge on any atom is 0.125 e. The highest BCUT2D eigenvalue weighted by molar-refractivity contribution is 9.10. The lowest BCUT2D eigenvalue weighted by atomic mass is 9.77. The normalized spacial score (nSPS) is 34.9. The van der Waals surface area contributed by atoms with Crippen molar-refractivity contribution in [2.75, 3.05) is 26.2 Å². The Kier molecular flexibility index (Phi) is 3.09. The number of fused-ring (bicyclic) bond motifs is 3. The molecule has 2 bridgehead atoms. The molecule has 2 fully saturated rings. The molecule has 108 valence electrons. The summed E-state index contributed by atoms with van der Waals surface area (Å²) in [6.07, 6.45) is 3.73. The van der Waals surface area contributed by atoms with Crippen LogP contribution in [0, 0.1) is 5.92 Å². The zero-order valence-corrected chi connectivity index (χ0v) is 13.2. The minimum Gasteiger partial charge on any atom is -0.493 e. The lowest BCUT2D eigenvalue weighted by Crippen LogP contribution is -2.47. The van der Waals surface area contributed by atoms with Crippen LogP contribution in [0.5, 0.6) is 5.75 Å². The summed E-state index contributed by atoms with van der Waals surface area (Å²) < 4.78 is 6.91. The number of ether oxygens (including phenoxy) is 1. The minimum absolute atomic E-state index is 0.423. The highest BCUT2D eigenvalue weighted by Gasteiger charge is 2.45. The number of halogens is 1. The van der Waals surface area contributed by atoms with E-state index in [1.807, 2.05) is 0 Å². The fourth-order valence-electron chi connectivity index (χ4n) is 4.07. The Bertz CT molecular complexity index is 548. The first-order valence-corrected chi connectivity index (χ1v) is 8.32. The van der Waals surface area contributed by atoms with Gasteiger partial charge in [-0.2, -0.15) is 0 Å². The molecule has 1 N–H and O–H groups in total. The van der Waals surface area contributed by atoms with Crippen molar-refractivity contribution in [1.29, 1.82) is 0 Å². The first kappa shape index (κ1) is 13.1. The van der Waals surface area contributed by atoms with Gasteiger partial charge in [0.25, 0.3) is 0 Å². The Hall–Kier alpha value is -0.580. The van der Waals surface area contributed by atoms with Gasteiger partial charge in [-0.25, -0.2) is 0 Å². The van der Waals surface area contributed by atoms with Crippen LogP contribution in [0.2, 0.25) is 0 Å². The molecule has 4 rings (SSSR count). The van der Waals surface area contributed by atoms with Gasteiger partial charge in [0, 0.05) is 36.3 Å². The fourth-order valence-corrected chi connectivity index (χ4v) is 4.62. The van der Waals surface area contributed by atoms with Gasteiger partial charge in [0.05, 0.1) is 12.2 Å². The number of aliphatic hydroxyl groups is 1. The molecule has 1 aromatic rings. The van der Waals surface area contributed by atoms with Crippen LogP contribution in [0.3, 0.4) is 0 Å². The van der Waals surface area contributed by atoms with E-state index in [0.29, 0.717) is 5.92 Å². The molecule has 0 radical (unpaired) electrons. The molecule has 2 saturated heterocycles. The number of hydrogen-bond acceptors (Lipinski definition) is 3. The maximum absolute atomic E-state index is 11.1. The Labute approximate surface area is 128 Å². The van der Waals surface area contributed by atoms with Crippen molar-refractivity contribution in [2.24, 2.45) is 5.92 Å². The summed E-state index contributed by atoms with van der Waals surface area (Å²) in [5, 5.41) is 11.1. The van der Waals surface area contributed by atoms with Gasteiger partial charge in [-0.3, -0.25) is 0 Å². The highest BCUT2D eigenvalue weighted by Crippen LogP contribution is 2.41. The molecule has 3 heterocycles. The van der Waals surface area contributed by atoms with Crippen molar-refractivity contribution in [3.63, 3.8) is 0 Å². The van der Waals surface area contributed by atoms with Gasteiger partial charge in [-0.1, -0.05) is 15.9 Å². The van der Waals surface area contributed by atoms with Crippen LogP contribution >= 0.6 is 15.9 Å². The topological polar surface area (TPSA) is 32.7 Å². The summed E-state index contributed by atoms with van der Waals surface area (Å²) in [6, 6.07) is 4.28. The van der Waals surface area contributed by atoms with Gasteiger partial charge >= 0.3 is 0 Å². The smallest absolute Gasteiger partial charge is 0.125 e. The largest absolute Gasteiger partial charge is 0.493 e. The van der Waals surface area contributed by atoms with Crippen LogP contribution < -0.4 is 4.74 Å². The monoisotopic (exact) mass is 337 g/mol. The van der Waals surface area contributed by atoms with E-state index in [-0.39, 0.29) is 0 Å². The average molecular weight is 338 g/mol. The van der Waals surface area contributed by atoms with Crippen LogP contribution in [-0.2, 0) is 12.8 Å². The third-order valence-electron chi connectivity index (χ3n) is 5.22. The molecule has 0 spiro atoms. The summed E-state index contributed by atoms with van der Waals surface area (Å²) in [7, 11) is 0. The van der Waals surface area contributed by atoms with E-state index in [2.05, 4.69) is 33.0 Å². The molecular formula is C16H20BrNO2. The lowest BCUT2D eigenvalue weighted by molar-refractivity contribution is -0.0442. The zero-order chi connectivity index (χ0) is 13.7. The van der Waals surface area contributed by atoms with E-state index in [1.165, 1.54) is 11.1 Å². The van der Waals surface area contributed by atoms with E-state index in [9.17, 15) is 5.11 Å². The van der Waals surface area contributed by atoms with Gasteiger partial charge in [-0.15, -0.1) is 0 Å². The molecule has 3 unspecified atom stereocenters. The Morgan fingerprint density at radius 3 is 3.20 bits per heavy atom.